The fourth-order valence-corrected chi connectivity index (χ4v) is 4.54. The minimum atomic E-state index is -0.780. The van der Waals surface area contributed by atoms with E-state index in [1.807, 2.05) is 0 Å². The molecule has 2 aromatic carbocycles. The number of imide groups is 1. The standard InChI is InChI=1S/C25H23N3O6/c1-14-6-8-18(19(29)10-14)28-23(30)17-5-3-4-15(22(17)24(28)31)12-27(2)25(32)26-16-7-9-20-21(11-16)34-13-33-20/h3-5,7,9,11,18H,1,6,8,10,12-13H2,2H3,(H,26,32). The Morgan fingerprint density at radius 3 is 2.74 bits per heavy atom. The highest BCUT2D eigenvalue weighted by Gasteiger charge is 2.44. The lowest BCUT2D eigenvalue weighted by Gasteiger charge is -2.29. The molecule has 1 unspecified atom stereocenters. The third-order valence-corrected chi connectivity index (χ3v) is 6.29. The van der Waals surface area contributed by atoms with Crippen LogP contribution in [0.1, 0.15) is 45.5 Å². The molecule has 174 valence electrons. The molecular weight excluding hydrogens is 438 g/mol. The van der Waals surface area contributed by atoms with Gasteiger partial charge >= 0.3 is 6.03 Å². The van der Waals surface area contributed by atoms with Crippen molar-refractivity contribution < 1.29 is 28.7 Å². The van der Waals surface area contributed by atoms with Crippen molar-refractivity contribution in [3.8, 4) is 11.5 Å². The minimum absolute atomic E-state index is 0.0990. The number of carbonyl (C=O) groups is 4. The molecule has 0 aromatic heterocycles. The number of nitrogens with one attached hydrogen (secondary N) is 1. The molecule has 0 radical (unpaired) electrons. The minimum Gasteiger partial charge on any atom is -0.454 e. The largest absolute Gasteiger partial charge is 0.454 e. The van der Waals surface area contributed by atoms with Crippen molar-refractivity contribution in [2.45, 2.75) is 31.8 Å². The number of amides is 4. The number of anilines is 1. The highest BCUT2D eigenvalue weighted by Crippen LogP contribution is 2.35. The Bertz CT molecular complexity index is 1250. The first-order valence-electron chi connectivity index (χ1n) is 10.9. The smallest absolute Gasteiger partial charge is 0.321 e. The second-order valence-electron chi connectivity index (χ2n) is 8.62. The number of Topliss-reactive ketones (excluding diaryl/α,β-unsaturated/α-hetero) is 1. The number of allylic oxidation sites excluding steroid dienone is 1. The zero-order valence-electron chi connectivity index (χ0n) is 18.6. The lowest BCUT2D eigenvalue weighted by Crippen LogP contribution is -2.46. The van der Waals surface area contributed by atoms with Crippen LogP contribution in [0.4, 0.5) is 10.5 Å². The second kappa shape index (κ2) is 8.33. The van der Waals surface area contributed by atoms with Gasteiger partial charge in [0.25, 0.3) is 11.8 Å². The molecule has 1 atom stereocenters. The van der Waals surface area contributed by atoms with E-state index in [9.17, 15) is 19.2 Å². The van der Waals surface area contributed by atoms with Gasteiger partial charge in [0.2, 0.25) is 6.79 Å². The van der Waals surface area contributed by atoms with Gasteiger partial charge in [-0.2, -0.15) is 0 Å². The second-order valence-corrected chi connectivity index (χ2v) is 8.62. The molecule has 2 aliphatic heterocycles. The normalized spacial score (nSPS) is 18.9. The van der Waals surface area contributed by atoms with E-state index in [0.29, 0.717) is 35.6 Å². The third-order valence-electron chi connectivity index (χ3n) is 6.29. The van der Waals surface area contributed by atoms with Gasteiger partial charge in [-0.25, -0.2) is 4.79 Å². The summed E-state index contributed by atoms with van der Waals surface area (Å²) >= 11 is 0. The summed E-state index contributed by atoms with van der Waals surface area (Å²) in [5.74, 6) is 0.0183. The summed E-state index contributed by atoms with van der Waals surface area (Å²) in [4.78, 5) is 54.2. The number of ether oxygens (including phenoxy) is 2. The van der Waals surface area contributed by atoms with Crippen molar-refractivity contribution in [1.29, 1.82) is 0 Å². The number of ketones is 1. The number of rotatable bonds is 4. The van der Waals surface area contributed by atoms with Crippen molar-refractivity contribution in [3.63, 3.8) is 0 Å². The number of nitrogens with zero attached hydrogens (tertiary/aromatic N) is 2. The Hall–Kier alpha value is -4.14. The van der Waals surface area contributed by atoms with E-state index in [0.717, 1.165) is 10.5 Å². The molecule has 1 N–H and O–H groups in total. The van der Waals surface area contributed by atoms with Gasteiger partial charge in [-0.1, -0.05) is 24.3 Å². The maximum Gasteiger partial charge on any atom is 0.321 e. The van der Waals surface area contributed by atoms with Gasteiger partial charge in [0.15, 0.2) is 17.3 Å². The van der Waals surface area contributed by atoms with Crippen molar-refractivity contribution in [2.75, 3.05) is 19.2 Å². The van der Waals surface area contributed by atoms with Gasteiger partial charge in [0.1, 0.15) is 0 Å². The molecule has 2 heterocycles. The highest BCUT2D eigenvalue weighted by molar-refractivity contribution is 6.23. The molecule has 0 spiro atoms. The maximum atomic E-state index is 13.3. The van der Waals surface area contributed by atoms with E-state index >= 15 is 0 Å². The molecule has 0 saturated heterocycles. The molecule has 1 saturated carbocycles. The number of fused-ring (bicyclic) bond motifs is 2. The third kappa shape index (κ3) is 3.68. The van der Waals surface area contributed by atoms with Crippen LogP contribution >= 0.6 is 0 Å². The maximum absolute atomic E-state index is 13.3. The molecule has 4 amide bonds. The number of hydrogen-bond acceptors (Lipinski definition) is 6. The van der Waals surface area contributed by atoms with E-state index in [4.69, 9.17) is 9.47 Å². The van der Waals surface area contributed by atoms with Gasteiger partial charge < -0.3 is 19.7 Å². The Morgan fingerprint density at radius 1 is 1.15 bits per heavy atom. The predicted octanol–water partition coefficient (Wildman–Crippen LogP) is 3.35. The lowest BCUT2D eigenvalue weighted by atomic mass is 9.89. The van der Waals surface area contributed by atoms with Crippen LogP contribution in [0.15, 0.2) is 48.6 Å². The molecule has 0 bridgehead atoms. The van der Waals surface area contributed by atoms with Crippen LogP contribution in [0.3, 0.4) is 0 Å². The summed E-state index contributed by atoms with van der Waals surface area (Å²) in [6.07, 6.45) is 1.16. The fraction of sp³-hybridized carbons (Fsp3) is 0.280. The Balaban J connectivity index is 1.33. The predicted molar refractivity (Wildman–Crippen MR) is 122 cm³/mol. The van der Waals surface area contributed by atoms with E-state index in [1.54, 1.807) is 43.4 Å². The zero-order chi connectivity index (χ0) is 24.0. The Labute approximate surface area is 195 Å². The van der Waals surface area contributed by atoms with Crippen LogP contribution in [0.25, 0.3) is 0 Å². The molecule has 3 aliphatic rings. The topological polar surface area (TPSA) is 105 Å². The average molecular weight is 461 g/mol. The van der Waals surface area contributed by atoms with E-state index in [-0.39, 0.29) is 36.7 Å². The van der Waals surface area contributed by atoms with Crippen molar-refractivity contribution in [2.24, 2.45) is 0 Å². The summed E-state index contributed by atoms with van der Waals surface area (Å²) in [6.45, 7) is 4.08. The van der Waals surface area contributed by atoms with Gasteiger partial charge in [0, 0.05) is 31.8 Å². The number of urea groups is 1. The van der Waals surface area contributed by atoms with Gasteiger partial charge in [0.05, 0.1) is 17.2 Å². The average Bonchev–Trinajstić information content (AvgIpc) is 3.37. The van der Waals surface area contributed by atoms with Crippen LogP contribution in [0.2, 0.25) is 0 Å². The van der Waals surface area contributed by atoms with Crippen molar-refractivity contribution >= 4 is 29.3 Å². The molecule has 1 aliphatic carbocycles. The fourth-order valence-electron chi connectivity index (χ4n) is 4.54. The van der Waals surface area contributed by atoms with Gasteiger partial charge in [-0.3, -0.25) is 19.3 Å². The Morgan fingerprint density at radius 2 is 1.94 bits per heavy atom. The quantitative estimate of drug-likeness (QED) is 0.553. The van der Waals surface area contributed by atoms with E-state index in [1.165, 1.54) is 4.90 Å². The first-order valence-corrected chi connectivity index (χ1v) is 10.9. The molecule has 9 heteroatoms. The molecule has 2 aromatic rings. The van der Waals surface area contributed by atoms with Crippen molar-refractivity contribution in [3.05, 3.63) is 65.2 Å². The van der Waals surface area contributed by atoms with Crippen LogP contribution in [-0.2, 0) is 11.3 Å². The number of hydrogen-bond donors (Lipinski definition) is 1. The zero-order valence-corrected chi connectivity index (χ0v) is 18.6. The van der Waals surface area contributed by atoms with Crippen LogP contribution < -0.4 is 14.8 Å². The molecule has 9 nitrogen and oxygen atoms in total. The van der Waals surface area contributed by atoms with Crippen LogP contribution in [0.5, 0.6) is 11.5 Å². The van der Waals surface area contributed by atoms with Crippen LogP contribution in [0, 0.1) is 0 Å². The summed E-state index contributed by atoms with van der Waals surface area (Å²) in [5, 5.41) is 2.79. The van der Waals surface area contributed by atoms with E-state index < -0.39 is 23.9 Å². The van der Waals surface area contributed by atoms with Crippen LogP contribution in [-0.4, -0.2) is 53.3 Å². The van der Waals surface area contributed by atoms with E-state index in [2.05, 4.69) is 11.9 Å². The molecular formula is C25H23N3O6. The van der Waals surface area contributed by atoms with Crippen molar-refractivity contribution in [1.82, 2.24) is 9.80 Å². The lowest BCUT2D eigenvalue weighted by molar-refractivity contribution is -0.123. The first-order chi connectivity index (χ1) is 16.3. The molecule has 34 heavy (non-hydrogen) atoms. The monoisotopic (exact) mass is 461 g/mol. The SMILES string of the molecule is C=C1CCC(N2C(=O)c3cccc(CN(C)C(=O)Nc4ccc5c(c4)OCO5)c3C2=O)C(=O)C1. The Kier molecular flexibility index (Phi) is 5.31. The summed E-state index contributed by atoms with van der Waals surface area (Å²) in [7, 11) is 1.59. The number of carbonyl (C=O) groups excluding carboxylic acids is 4. The summed E-state index contributed by atoms with van der Waals surface area (Å²) in [6, 6.07) is 8.88. The highest BCUT2D eigenvalue weighted by atomic mass is 16.7. The number of benzene rings is 2. The van der Waals surface area contributed by atoms with Gasteiger partial charge in [-0.05, 0) is 36.6 Å². The van der Waals surface area contributed by atoms with Gasteiger partial charge in [-0.15, -0.1) is 0 Å². The summed E-state index contributed by atoms with van der Waals surface area (Å²) in [5.41, 5.74) is 2.38. The molecule has 5 rings (SSSR count). The summed E-state index contributed by atoms with van der Waals surface area (Å²) < 4.78 is 10.6. The first kappa shape index (κ1) is 21.7. The molecule has 1 fully saturated rings.